The van der Waals surface area contributed by atoms with Crippen LogP contribution >= 0.6 is 11.6 Å². The number of rotatable bonds is 9. The number of morpholine rings is 1. The average molecular weight is 483 g/mol. The number of halogens is 1. The van der Waals surface area contributed by atoms with Crippen molar-refractivity contribution in [3.63, 3.8) is 0 Å². The molecule has 0 atom stereocenters. The van der Waals surface area contributed by atoms with Crippen LogP contribution < -0.4 is 14.8 Å². The summed E-state index contributed by atoms with van der Waals surface area (Å²) in [5.41, 5.74) is 1.28. The van der Waals surface area contributed by atoms with E-state index >= 15 is 0 Å². The molecule has 174 valence electrons. The van der Waals surface area contributed by atoms with Crippen LogP contribution in [-0.4, -0.2) is 58.7 Å². The van der Waals surface area contributed by atoms with Gasteiger partial charge in [-0.3, -0.25) is 4.79 Å². The van der Waals surface area contributed by atoms with Gasteiger partial charge in [-0.25, -0.2) is 8.42 Å². The van der Waals surface area contributed by atoms with Crippen LogP contribution in [0.3, 0.4) is 0 Å². The molecular formula is C22H27ClN2O6S. The molecule has 2 aromatic rings. The lowest BCUT2D eigenvalue weighted by Gasteiger charge is -2.27. The lowest BCUT2D eigenvalue weighted by atomic mass is 10.1. The Bertz CT molecular complexity index is 1050. The number of ether oxygens (including phenoxy) is 3. The van der Waals surface area contributed by atoms with Crippen LogP contribution in [0.4, 0.5) is 5.69 Å². The molecule has 1 aliphatic rings. The van der Waals surface area contributed by atoms with E-state index in [1.54, 1.807) is 38.3 Å². The summed E-state index contributed by atoms with van der Waals surface area (Å²) < 4.78 is 43.6. The molecule has 32 heavy (non-hydrogen) atoms. The maximum atomic E-state index is 13.2. The number of nitrogens with zero attached hydrogens (tertiary/aromatic N) is 1. The zero-order valence-corrected chi connectivity index (χ0v) is 19.7. The van der Waals surface area contributed by atoms with Gasteiger partial charge in [-0.2, -0.15) is 4.31 Å². The standard InChI is InChI=1S/C22H27ClN2O6S/c1-3-31-20-8-6-17(15-21(20)32(27,28)25-10-12-30-13-11-25)24-22(26)9-5-16-4-7-19(29-2)18(23)14-16/h4,6-8,14-15H,3,5,9-13H2,1-2H3,(H,24,26). The predicted octanol–water partition coefficient (Wildman–Crippen LogP) is 3.34. The van der Waals surface area contributed by atoms with Crippen molar-refractivity contribution in [2.75, 3.05) is 45.3 Å². The van der Waals surface area contributed by atoms with Gasteiger partial charge in [0.1, 0.15) is 16.4 Å². The Labute approximate surface area is 193 Å². The first-order valence-electron chi connectivity index (χ1n) is 10.3. The highest BCUT2D eigenvalue weighted by molar-refractivity contribution is 7.89. The van der Waals surface area contributed by atoms with Crippen molar-refractivity contribution < 1.29 is 27.4 Å². The summed E-state index contributed by atoms with van der Waals surface area (Å²) in [6.07, 6.45) is 0.687. The number of nitrogens with one attached hydrogen (secondary N) is 1. The summed E-state index contributed by atoms with van der Waals surface area (Å²) in [5.74, 6) is 0.587. The second kappa shape index (κ2) is 11.0. The molecule has 8 nitrogen and oxygen atoms in total. The first-order chi connectivity index (χ1) is 15.3. The van der Waals surface area contributed by atoms with E-state index in [0.29, 0.717) is 42.7 Å². The Hall–Kier alpha value is -2.33. The molecule has 0 spiro atoms. The number of hydrogen-bond acceptors (Lipinski definition) is 6. The van der Waals surface area contributed by atoms with Crippen molar-refractivity contribution in [3.05, 3.63) is 47.0 Å². The van der Waals surface area contributed by atoms with Crippen LogP contribution in [0.15, 0.2) is 41.3 Å². The van der Waals surface area contributed by atoms with Gasteiger partial charge in [0, 0.05) is 25.2 Å². The van der Waals surface area contributed by atoms with Crippen LogP contribution in [-0.2, 0) is 26.0 Å². The van der Waals surface area contributed by atoms with Crippen LogP contribution in [0.2, 0.25) is 5.02 Å². The molecule has 0 unspecified atom stereocenters. The molecule has 2 aromatic carbocycles. The Kier molecular flexibility index (Phi) is 8.36. The first-order valence-corrected chi connectivity index (χ1v) is 12.1. The number of anilines is 1. The smallest absolute Gasteiger partial charge is 0.246 e. The molecule has 0 saturated carbocycles. The van der Waals surface area contributed by atoms with Gasteiger partial charge in [-0.05, 0) is 49.2 Å². The van der Waals surface area contributed by atoms with Gasteiger partial charge in [0.25, 0.3) is 0 Å². The molecule has 0 aliphatic carbocycles. The molecule has 3 rings (SSSR count). The molecule has 1 saturated heterocycles. The minimum Gasteiger partial charge on any atom is -0.495 e. The van der Waals surface area contributed by atoms with Gasteiger partial charge < -0.3 is 19.5 Å². The normalized spacial score (nSPS) is 14.7. The van der Waals surface area contributed by atoms with Crippen molar-refractivity contribution in [2.45, 2.75) is 24.7 Å². The van der Waals surface area contributed by atoms with Crippen LogP contribution in [0.1, 0.15) is 18.9 Å². The van der Waals surface area contributed by atoms with Crippen molar-refractivity contribution in [1.29, 1.82) is 0 Å². The van der Waals surface area contributed by atoms with E-state index in [4.69, 9.17) is 25.8 Å². The fourth-order valence-corrected chi connectivity index (χ4v) is 5.18. The van der Waals surface area contributed by atoms with E-state index in [2.05, 4.69) is 5.32 Å². The Morgan fingerprint density at radius 3 is 2.53 bits per heavy atom. The van der Waals surface area contributed by atoms with Gasteiger partial charge in [-0.1, -0.05) is 17.7 Å². The van der Waals surface area contributed by atoms with Crippen molar-refractivity contribution in [1.82, 2.24) is 4.31 Å². The lowest BCUT2D eigenvalue weighted by Crippen LogP contribution is -2.40. The SMILES string of the molecule is CCOc1ccc(NC(=O)CCc2ccc(OC)c(Cl)c2)cc1S(=O)(=O)N1CCOCC1. The highest BCUT2D eigenvalue weighted by atomic mass is 35.5. The fraction of sp³-hybridized carbons (Fsp3) is 0.409. The number of aryl methyl sites for hydroxylation is 1. The van der Waals surface area contributed by atoms with Gasteiger partial charge in [0.2, 0.25) is 15.9 Å². The minimum absolute atomic E-state index is 0.0287. The number of carbonyl (C=O) groups excluding carboxylic acids is 1. The second-order valence-electron chi connectivity index (χ2n) is 7.13. The van der Waals surface area contributed by atoms with Crippen molar-refractivity contribution in [2.24, 2.45) is 0 Å². The largest absolute Gasteiger partial charge is 0.495 e. The predicted molar refractivity (Wildman–Crippen MR) is 122 cm³/mol. The Morgan fingerprint density at radius 1 is 1.16 bits per heavy atom. The van der Waals surface area contributed by atoms with Gasteiger partial charge in [0.05, 0.1) is 32.0 Å². The van der Waals surface area contributed by atoms with E-state index in [1.807, 2.05) is 6.07 Å². The number of benzene rings is 2. The van der Waals surface area contributed by atoms with Gasteiger partial charge in [-0.15, -0.1) is 0 Å². The summed E-state index contributed by atoms with van der Waals surface area (Å²) in [6.45, 7) is 3.34. The maximum absolute atomic E-state index is 13.2. The summed E-state index contributed by atoms with van der Waals surface area (Å²) in [5, 5.41) is 3.26. The van der Waals surface area contributed by atoms with Gasteiger partial charge in [0.15, 0.2) is 0 Å². The molecule has 1 aliphatic heterocycles. The highest BCUT2D eigenvalue weighted by Gasteiger charge is 2.29. The molecule has 1 amide bonds. The van der Waals surface area contributed by atoms with Crippen LogP contribution in [0, 0.1) is 0 Å². The molecule has 0 aromatic heterocycles. The molecule has 0 radical (unpaired) electrons. The quantitative estimate of drug-likeness (QED) is 0.589. The van der Waals surface area contributed by atoms with E-state index in [0.717, 1.165) is 5.56 Å². The van der Waals surface area contributed by atoms with Crippen molar-refractivity contribution in [3.8, 4) is 11.5 Å². The first kappa shape index (κ1) is 24.3. The number of methoxy groups -OCH3 is 1. The third-order valence-electron chi connectivity index (χ3n) is 4.97. The number of hydrogen-bond donors (Lipinski definition) is 1. The number of carbonyl (C=O) groups is 1. The van der Waals surface area contributed by atoms with Crippen LogP contribution in [0.5, 0.6) is 11.5 Å². The lowest BCUT2D eigenvalue weighted by molar-refractivity contribution is -0.116. The molecule has 10 heteroatoms. The van der Waals surface area contributed by atoms with E-state index in [1.165, 1.54) is 10.4 Å². The van der Waals surface area contributed by atoms with E-state index < -0.39 is 10.0 Å². The number of amides is 1. The van der Waals surface area contributed by atoms with E-state index in [-0.39, 0.29) is 36.1 Å². The minimum atomic E-state index is -3.79. The average Bonchev–Trinajstić information content (AvgIpc) is 2.79. The zero-order valence-electron chi connectivity index (χ0n) is 18.1. The highest BCUT2D eigenvalue weighted by Crippen LogP contribution is 2.31. The van der Waals surface area contributed by atoms with Crippen LogP contribution in [0.25, 0.3) is 0 Å². The second-order valence-corrected chi connectivity index (χ2v) is 9.44. The maximum Gasteiger partial charge on any atom is 0.246 e. The fourth-order valence-electron chi connectivity index (χ4n) is 3.33. The topological polar surface area (TPSA) is 94.2 Å². The van der Waals surface area contributed by atoms with Crippen molar-refractivity contribution >= 4 is 33.2 Å². The van der Waals surface area contributed by atoms with Gasteiger partial charge >= 0.3 is 0 Å². The molecule has 1 N–H and O–H groups in total. The third kappa shape index (κ3) is 5.92. The summed E-state index contributed by atoms with van der Waals surface area (Å²) >= 11 is 6.13. The molecule has 0 bridgehead atoms. The third-order valence-corrected chi connectivity index (χ3v) is 7.19. The Morgan fingerprint density at radius 2 is 1.88 bits per heavy atom. The monoisotopic (exact) mass is 482 g/mol. The summed E-state index contributed by atoms with van der Waals surface area (Å²) in [6, 6.07) is 10.0. The summed E-state index contributed by atoms with van der Waals surface area (Å²) in [4.78, 5) is 12.5. The Balaban J connectivity index is 1.73. The van der Waals surface area contributed by atoms with E-state index in [9.17, 15) is 13.2 Å². The molecule has 1 heterocycles. The number of sulfonamides is 1. The summed E-state index contributed by atoms with van der Waals surface area (Å²) in [7, 11) is -2.25. The molecular weight excluding hydrogens is 456 g/mol. The zero-order chi connectivity index (χ0) is 23.1. The molecule has 1 fully saturated rings.